The van der Waals surface area contributed by atoms with Gasteiger partial charge in [0.15, 0.2) is 0 Å². The van der Waals surface area contributed by atoms with Gasteiger partial charge in [0.05, 0.1) is 0 Å². The fraction of sp³-hybridized carbons (Fsp3) is 0.545. The normalized spacial score (nSPS) is 22.3. The lowest BCUT2D eigenvalue weighted by molar-refractivity contribution is 0.179. The Balaban J connectivity index is 1.32. The van der Waals surface area contributed by atoms with Crippen molar-refractivity contribution in [3.63, 3.8) is 0 Å². The molecule has 5 heteroatoms. The predicted molar refractivity (Wildman–Crippen MR) is 107 cm³/mol. The average molecular weight is 367 g/mol. The summed E-state index contributed by atoms with van der Waals surface area (Å²) in [6.45, 7) is 6.97. The van der Waals surface area contributed by atoms with Crippen LogP contribution in [0.2, 0.25) is 0 Å². The maximum absolute atomic E-state index is 12.7. The highest BCUT2D eigenvalue weighted by Gasteiger charge is 2.32. The highest BCUT2D eigenvalue weighted by molar-refractivity contribution is 5.74. The number of imidazole rings is 1. The second kappa shape index (κ2) is 7.37. The number of H-pyrrole nitrogens is 1. The van der Waals surface area contributed by atoms with Crippen LogP contribution in [0.3, 0.4) is 0 Å². The van der Waals surface area contributed by atoms with E-state index in [1.54, 1.807) is 6.20 Å². The van der Waals surface area contributed by atoms with E-state index < -0.39 is 0 Å². The lowest BCUT2D eigenvalue weighted by Gasteiger charge is -2.37. The molecule has 2 amide bonds. The van der Waals surface area contributed by atoms with E-state index in [2.05, 4.69) is 53.4 Å². The minimum Gasteiger partial charge on any atom is -0.348 e. The summed E-state index contributed by atoms with van der Waals surface area (Å²) < 4.78 is 0. The third kappa shape index (κ3) is 3.73. The van der Waals surface area contributed by atoms with E-state index in [1.165, 1.54) is 17.5 Å². The van der Waals surface area contributed by atoms with Crippen molar-refractivity contribution in [3.05, 3.63) is 53.6 Å². The minimum atomic E-state index is 0.0789. The van der Waals surface area contributed by atoms with Gasteiger partial charge in [-0.15, -0.1) is 0 Å². The maximum Gasteiger partial charge on any atom is 0.317 e. The van der Waals surface area contributed by atoms with Crippen molar-refractivity contribution in [2.45, 2.75) is 56.8 Å². The maximum atomic E-state index is 12.7. The highest BCUT2D eigenvalue weighted by Crippen LogP contribution is 2.42. The highest BCUT2D eigenvalue weighted by atomic mass is 16.2. The molecule has 2 aliphatic rings. The van der Waals surface area contributed by atoms with Gasteiger partial charge in [-0.2, -0.15) is 0 Å². The number of aromatic nitrogens is 2. The smallest absolute Gasteiger partial charge is 0.317 e. The summed E-state index contributed by atoms with van der Waals surface area (Å²) in [4.78, 5) is 22.2. The van der Waals surface area contributed by atoms with Crippen LogP contribution in [0.1, 0.15) is 68.3 Å². The number of aromatic amines is 1. The summed E-state index contributed by atoms with van der Waals surface area (Å²) in [5.41, 5.74) is 3.07. The molecule has 0 saturated carbocycles. The van der Waals surface area contributed by atoms with Crippen molar-refractivity contribution < 1.29 is 4.79 Å². The summed E-state index contributed by atoms with van der Waals surface area (Å²) in [6.07, 6.45) is 7.92. The lowest BCUT2D eigenvalue weighted by atomic mass is 9.69. The Morgan fingerprint density at radius 3 is 2.78 bits per heavy atom. The first-order chi connectivity index (χ1) is 13.0. The summed E-state index contributed by atoms with van der Waals surface area (Å²) in [5, 5.41) is 3.20. The molecule has 1 aliphatic heterocycles. The van der Waals surface area contributed by atoms with Gasteiger partial charge in [-0.3, -0.25) is 0 Å². The van der Waals surface area contributed by atoms with E-state index in [0.29, 0.717) is 11.8 Å². The number of piperidine rings is 1. The quantitative estimate of drug-likeness (QED) is 0.857. The molecule has 1 aromatic carbocycles. The van der Waals surface area contributed by atoms with Gasteiger partial charge < -0.3 is 15.2 Å². The van der Waals surface area contributed by atoms with Crippen LogP contribution in [0.25, 0.3) is 0 Å². The molecule has 1 aromatic heterocycles. The number of nitrogens with one attached hydrogen (secondary N) is 2. The van der Waals surface area contributed by atoms with Crippen LogP contribution in [0.15, 0.2) is 36.7 Å². The third-order valence-electron chi connectivity index (χ3n) is 6.44. The number of urea groups is 1. The summed E-state index contributed by atoms with van der Waals surface area (Å²) in [5.74, 6) is 1.91. The fourth-order valence-electron chi connectivity index (χ4n) is 4.69. The number of rotatable bonds is 3. The van der Waals surface area contributed by atoms with E-state index >= 15 is 0 Å². The lowest BCUT2D eigenvalue weighted by Crippen LogP contribution is -2.45. The molecule has 1 unspecified atom stereocenters. The second-order valence-corrected chi connectivity index (χ2v) is 8.63. The Kier molecular flexibility index (Phi) is 4.94. The molecule has 0 spiro atoms. The summed E-state index contributed by atoms with van der Waals surface area (Å²) in [7, 11) is 0. The Morgan fingerprint density at radius 1 is 1.26 bits per heavy atom. The SMILES string of the molecule is CC1(C)CCC(CNC(=O)N2CCC(c3ncc[nH]3)CC2)c2ccccc21. The molecular weight excluding hydrogens is 336 g/mol. The average Bonchev–Trinajstić information content (AvgIpc) is 3.22. The summed E-state index contributed by atoms with van der Waals surface area (Å²) in [6, 6.07) is 8.82. The van der Waals surface area contributed by atoms with E-state index in [9.17, 15) is 4.79 Å². The van der Waals surface area contributed by atoms with Crippen molar-refractivity contribution in [1.82, 2.24) is 20.2 Å². The molecule has 1 fully saturated rings. The number of hydrogen-bond donors (Lipinski definition) is 2. The molecule has 0 bridgehead atoms. The second-order valence-electron chi connectivity index (χ2n) is 8.63. The first-order valence-corrected chi connectivity index (χ1v) is 10.2. The monoisotopic (exact) mass is 366 g/mol. The van der Waals surface area contributed by atoms with E-state index in [0.717, 1.165) is 44.7 Å². The van der Waals surface area contributed by atoms with Gasteiger partial charge in [0.2, 0.25) is 0 Å². The zero-order valence-electron chi connectivity index (χ0n) is 16.4. The van der Waals surface area contributed by atoms with Gasteiger partial charge in [0, 0.05) is 43.9 Å². The van der Waals surface area contributed by atoms with Crippen LogP contribution in [0.5, 0.6) is 0 Å². The molecule has 2 N–H and O–H groups in total. The fourth-order valence-corrected chi connectivity index (χ4v) is 4.69. The number of amides is 2. The zero-order chi connectivity index (χ0) is 18.9. The molecule has 2 heterocycles. The van der Waals surface area contributed by atoms with Crippen molar-refractivity contribution in [1.29, 1.82) is 0 Å². The molecule has 1 saturated heterocycles. The topological polar surface area (TPSA) is 61.0 Å². The molecule has 144 valence electrons. The Bertz CT molecular complexity index is 775. The van der Waals surface area contributed by atoms with Gasteiger partial charge in [-0.05, 0) is 42.2 Å². The van der Waals surface area contributed by atoms with Crippen LogP contribution in [0, 0.1) is 0 Å². The molecule has 1 aliphatic carbocycles. The molecular formula is C22H30N4O. The minimum absolute atomic E-state index is 0.0789. The molecule has 0 radical (unpaired) electrons. The number of hydrogen-bond acceptors (Lipinski definition) is 2. The van der Waals surface area contributed by atoms with Gasteiger partial charge in [-0.1, -0.05) is 38.1 Å². The molecule has 2 aromatic rings. The Labute approximate surface area is 161 Å². The third-order valence-corrected chi connectivity index (χ3v) is 6.44. The van der Waals surface area contributed by atoms with E-state index in [-0.39, 0.29) is 11.4 Å². The Morgan fingerprint density at radius 2 is 2.04 bits per heavy atom. The van der Waals surface area contributed by atoms with Crippen LogP contribution >= 0.6 is 0 Å². The largest absolute Gasteiger partial charge is 0.348 e. The van der Waals surface area contributed by atoms with E-state index in [4.69, 9.17) is 0 Å². The van der Waals surface area contributed by atoms with Gasteiger partial charge in [0.25, 0.3) is 0 Å². The van der Waals surface area contributed by atoms with Crippen LogP contribution in [0.4, 0.5) is 4.79 Å². The summed E-state index contributed by atoms with van der Waals surface area (Å²) >= 11 is 0. The number of fused-ring (bicyclic) bond motifs is 1. The van der Waals surface area contributed by atoms with Crippen LogP contribution < -0.4 is 5.32 Å². The number of carbonyl (C=O) groups is 1. The Hall–Kier alpha value is -2.30. The first kappa shape index (κ1) is 18.1. The molecule has 4 rings (SSSR count). The van der Waals surface area contributed by atoms with Gasteiger partial charge in [0.1, 0.15) is 5.82 Å². The van der Waals surface area contributed by atoms with Crippen LogP contribution in [-0.4, -0.2) is 40.5 Å². The predicted octanol–water partition coefficient (Wildman–Crippen LogP) is 4.15. The number of carbonyl (C=O) groups excluding carboxylic acids is 1. The number of nitrogens with zero attached hydrogens (tertiary/aromatic N) is 2. The number of likely N-dealkylation sites (tertiary alicyclic amines) is 1. The van der Waals surface area contributed by atoms with E-state index in [1.807, 2.05) is 11.1 Å². The standard InChI is InChI=1S/C22H30N4O/c1-22(2)10-7-17(18-5-3-4-6-19(18)22)15-25-21(27)26-13-8-16(9-14-26)20-23-11-12-24-20/h3-6,11-12,16-17H,7-10,13-15H2,1-2H3,(H,23,24)(H,25,27). The first-order valence-electron chi connectivity index (χ1n) is 10.2. The van der Waals surface area contributed by atoms with Crippen molar-refractivity contribution in [2.24, 2.45) is 0 Å². The zero-order valence-corrected chi connectivity index (χ0v) is 16.4. The van der Waals surface area contributed by atoms with Crippen molar-refractivity contribution in [3.8, 4) is 0 Å². The van der Waals surface area contributed by atoms with Crippen LogP contribution in [-0.2, 0) is 5.41 Å². The van der Waals surface area contributed by atoms with Crippen molar-refractivity contribution in [2.75, 3.05) is 19.6 Å². The molecule has 5 nitrogen and oxygen atoms in total. The molecule has 27 heavy (non-hydrogen) atoms. The van der Waals surface area contributed by atoms with Gasteiger partial charge >= 0.3 is 6.03 Å². The van der Waals surface area contributed by atoms with Gasteiger partial charge in [-0.25, -0.2) is 9.78 Å². The van der Waals surface area contributed by atoms with Crippen molar-refractivity contribution >= 4 is 6.03 Å². The molecule has 1 atom stereocenters. The number of benzene rings is 1.